The molecular weight excluding hydrogens is 356 g/mol. The maximum atomic E-state index is 12.1. The summed E-state index contributed by atoms with van der Waals surface area (Å²) in [5, 5.41) is 16.5. The van der Waals surface area contributed by atoms with Crippen LogP contribution in [0.5, 0.6) is 17.2 Å². The normalized spacial score (nSPS) is 16.4. The number of carbonyl (C=O) groups is 1. The average molecular weight is 375 g/mol. The molecule has 0 spiro atoms. The van der Waals surface area contributed by atoms with Crippen LogP contribution >= 0.6 is 11.6 Å². The molecule has 0 radical (unpaired) electrons. The quantitative estimate of drug-likeness (QED) is 0.884. The number of hydrazone groups is 1. The van der Waals surface area contributed by atoms with E-state index in [2.05, 4.69) is 5.10 Å². The molecule has 0 unspecified atom stereocenters. The zero-order valence-corrected chi connectivity index (χ0v) is 15.4. The van der Waals surface area contributed by atoms with Crippen LogP contribution in [0, 0.1) is 0 Å². The van der Waals surface area contributed by atoms with Crippen molar-refractivity contribution in [3.05, 3.63) is 52.5 Å². The Morgan fingerprint density at radius 3 is 2.58 bits per heavy atom. The van der Waals surface area contributed by atoms with Gasteiger partial charge in [-0.2, -0.15) is 5.10 Å². The highest BCUT2D eigenvalue weighted by Crippen LogP contribution is 2.38. The number of carbonyl (C=O) groups excluding carboxylic acids is 1. The minimum atomic E-state index is -0.305. The fourth-order valence-electron chi connectivity index (χ4n) is 3.02. The van der Waals surface area contributed by atoms with Crippen molar-refractivity contribution in [2.24, 2.45) is 5.10 Å². The number of ether oxygens (including phenoxy) is 2. The van der Waals surface area contributed by atoms with Gasteiger partial charge < -0.3 is 14.6 Å². The molecule has 6 nitrogen and oxygen atoms in total. The molecule has 1 atom stereocenters. The zero-order valence-electron chi connectivity index (χ0n) is 14.7. The SMILES string of the molecule is COc1ccc([C@@H]2CC(c3cc(Cl)ccc3O)=NN2C(C)=O)cc1OC. The first-order chi connectivity index (χ1) is 12.4. The first-order valence-electron chi connectivity index (χ1n) is 8.02. The van der Waals surface area contributed by atoms with E-state index >= 15 is 0 Å². The summed E-state index contributed by atoms with van der Waals surface area (Å²) in [6.07, 6.45) is 0.447. The van der Waals surface area contributed by atoms with Crippen molar-refractivity contribution in [3.8, 4) is 17.2 Å². The Kier molecular flexibility index (Phi) is 5.04. The van der Waals surface area contributed by atoms with E-state index in [9.17, 15) is 9.90 Å². The summed E-state index contributed by atoms with van der Waals surface area (Å²) in [6.45, 7) is 1.46. The van der Waals surface area contributed by atoms with Crippen molar-refractivity contribution in [3.63, 3.8) is 0 Å². The maximum absolute atomic E-state index is 12.1. The lowest BCUT2D eigenvalue weighted by Gasteiger charge is -2.21. The van der Waals surface area contributed by atoms with Gasteiger partial charge in [0.25, 0.3) is 0 Å². The van der Waals surface area contributed by atoms with E-state index in [1.807, 2.05) is 12.1 Å². The molecule has 0 fully saturated rings. The molecule has 26 heavy (non-hydrogen) atoms. The van der Waals surface area contributed by atoms with Crippen molar-refractivity contribution in [2.75, 3.05) is 14.2 Å². The third kappa shape index (κ3) is 3.32. The van der Waals surface area contributed by atoms with Gasteiger partial charge in [0, 0.05) is 23.9 Å². The molecule has 1 amide bonds. The number of phenols is 1. The van der Waals surface area contributed by atoms with Crippen molar-refractivity contribution in [1.29, 1.82) is 0 Å². The predicted molar refractivity (Wildman–Crippen MR) is 99.1 cm³/mol. The van der Waals surface area contributed by atoms with Crippen LogP contribution < -0.4 is 9.47 Å². The molecule has 0 aromatic heterocycles. The Labute approximate surface area is 156 Å². The van der Waals surface area contributed by atoms with Gasteiger partial charge in [-0.05, 0) is 35.9 Å². The molecule has 7 heteroatoms. The van der Waals surface area contributed by atoms with Crippen LogP contribution in [-0.2, 0) is 4.79 Å². The van der Waals surface area contributed by atoms with Gasteiger partial charge in [0.15, 0.2) is 11.5 Å². The summed E-state index contributed by atoms with van der Waals surface area (Å²) >= 11 is 6.04. The van der Waals surface area contributed by atoms with E-state index in [0.717, 1.165) is 5.56 Å². The summed E-state index contributed by atoms with van der Waals surface area (Å²) in [5.74, 6) is 1.07. The number of hydrogen-bond acceptors (Lipinski definition) is 5. The molecule has 136 valence electrons. The molecule has 3 rings (SSSR count). The number of nitrogens with zero attached hydrogens (tertiary/aromatic N) is 2. The lowest BCUT2D eigenvalue weighted by Crippen LogP contribution is -2.24. The number of benzene rings is 2. The Morgan fingerprint density at radius 2 is 1.92 bits per heavy atom. The Hall–Kier alpha value is -2.73. The highest BCUT2D eigenvalue weighted by atomic mass is 35.5. The van der Waals surface area contributed by atoms with Crippen LogP contribution in [-0.4, -0.2) is 36.0 Å². The maximum Gasteiger partial charge on any atom is 0.240 e. The summed E-state index contributed by atoms with van der Waals surface area (Å²) in [5.41, 5.74) is 1.98. The van der Waals surface area contributed by atoms with Gasteiger partial charge in [-0.1, -0.05) is 17.7 Å². The highest BCUT2D eigenvalue weighted by molar-refractivity contribution is 6.31. The average Bonchev–Trinajstić information content (AvgIpc) is 3.08. The van der Waals surface area contributed by atoms with Crippen LogP contribution in [0.4, 0.5) is 0 Å². The topological polar surface area (TPSA) is 71.4 Å². The van der Waals surface area contributed by atoms with Crippen LogP contribution in [0.15, 0.2) is 41.5 Å². The van der Waals surface area contributed by atoms with Gasteiger partial charge in [0.1, 0.15) is 5.75 Å². The zero-order chi connectivity index (χ0) is 18.8. The number of halogens is 1. The third-order valence-corrected chi connectivity index (χ3v) is 4.53. The van der Waals surface area contributed by atoms with Crippen LogP contribution in [0.3, 0.4) is 0 Å². The van der Waals surface area contributed by atoms with E-state index in [0.29, 0.717) is 34.2 Å². The highest BCUT2D eigenvalue weighted by Gasteiger charge is 2.33. The number of aromatic hydroxyl groups is 1. The molecular formula is C19H19ClN2O4. The van der Waals surface area contributed by atoms with Gasteiger partial charge in [-0.3, -0.25) is 4.79 Å². The molecule has 2 aromatic carbocycles. The lowest BCUT2D eigenvalue weighted by molar-refractivity contribution is -0.130. The second kappa shape index (κ2) is 7.25. The molecule has 0 saturated carbocycles. The monoisotopic (exact) mass is 374 g/mol. The van der Waals surface area contributed by atoms with Gasteiger partial charge in [-0.15, -0.1) is 0 Å². The standard InChI is InChI=1S/C19H19ClN2O4/c1-11(23)22-16(12-4-7-18(25-2)19(8-12)26-3)10-15(21-22)14-9-13(20)5-6-17(14)24/h4-9,16,24H,10H2,1-3H3/t16-/m0/s1. The number of rotatable bonds is 4. The molecule has 0 aliphatic carbocycles. The van der Waals surface area contributed by atoms with Crippen LogP contribution in [0.25, 0.3) is 0 Å². The Balaban J connectivity index is 1.99. The smallest absolute Gasteiger partial charge is 0.240 e. The fourth-order valence-corrected chi connectivity index (χ4v) is 3.19. The molecule has 2 aromatic rings. The van der Waals surface area contributed by atoms with Crippen LogP contribution in [0.2, 0.25) is 5.02 Å². The minimum absolute atomic E-state index is 0.0737. The van der Waals surface area contributed by atoms with Crippen LogP contribution in [0.1, 0.15) is 30.5 Å². The predicted octanol–water partition coefficient (Wildman–Crippen LogP) is 3.76. The van der Waals surface area contributed by atoms with E-state index < -0.39 is 0 Å². The lowest BCUT2D eigenvalue weighted by atomic mass is 9.97. The number of methoxy groups -OCH3 is 2. The summed E-state index contributed by atoms with van der Waals surface area (Å²) in [4.78, 5) is 12.1. The van der Waals surface area contributed by atoms with E-state index in [-0.39, 0.29) is 17.7 Å². The summed E-state index contributed by atoms with van der Waals surface area (Å²) < 4.78 is 10.6. The largest absolute Gasteiger partial charge is 0.507 e. The summed E-state index contributed by atoms with van der Waals surface area (Å²) in [7, 11) is 3.13. The Morgan fingerprint density at radius 1 is 1.19 bits per heavy atom. The van der Waals surface area contributed by atoms with E-state index in [4.69, 9.17) is 21.1 Å². The van der Waals surface area contributed by atoms with E-state index in [1.54, 1.807) is 32.4 Å². The molecule has 0 bridgehead atoms. The van der Waals surface area contributed by atoms with Crippen molar-refractivity contribution < 1.29 is 19.4 Å². The van der Waals surface area contributed by atoms with Crippen molar-refractivity contribution >= 4 is 23.2 Å². The van der Waals surface area contributed by atoms with Gasteiger partial charge in [-0.25, -0.2) is 5.01 Å². The Bertz CT molecular complexity index is 882. The second-order valence-electron chi connectivity index (χ2n) is 5.91. The molecule has 1 aliphatic heterocycles. The molecule has 1 aliphatic rings. The minimum Gasteiger partial charge on any atom is -0.507 e. The van der Waals surface area contributed by atoms with Gasteiger partial charge in [0.05, 0.1) is 26.0 Å². The van der Waals surface area contributed by atoms with Crippen molar-refractivity contribution in [2.45, 2.75) is 19.4 Å². The molecule has 1 N–H and O–H groups in total. The number of amides is 1. The number of hydrogen-bond donors (Lipinski definition) is 1. The van der Waals surface area contributed by atoms with Crippen molar-refractivity contribution in [1.82, 2.24) is 5.01 Å². The van der Waals surface area contributed by atoms with Gasteiger partial charge in [0.2, 0.25) is 5.91 Å². The molecule has 1 heterocycles. The first-order valence-corrected chi connectivity index (χ1v) is 8.40. The number of phenolic OH excluding ortho intramolecular Hbond substituents is 1. The first kappa shape index (κ1) is 18.1. The second-order valence-corrected chi connectivity index (χ2v) is 6.34. The fraction of sp³-hybridized carbons (Fsp3) is 0.263. The van der Waals surface area contributed by atoms with Gasteiger partial charge >= 0.3 is 0 Å². The molecule has 0 saturated heterocycles. The third-order valence-electron chi connectivity index (χ3n) is 4.29. The summed E-state index contributed by atoms with van der Waals surface area (Å²) in [6, 6.07) is 9.95. The van der Waals surface area contributed by atoms with E-state index in [1.165, 1.54) is 18.0 Å².